The number of amides is 2. The van der Waals surface area contributed by atoms with Crippen LogP contribution in [0, 0.1) is 0 Å². The lowest BCUT2D eigenvalue weighted by molar-refractivity contribution is 0.102. The van der Waals surface area contributed by atoms with Gasteiger partial charge in [0.1, 0.15) is 0 Å². The molecule has 16 nitrogen and oxygen atoms in total. The standard InChI is InChI=1S/C38H38N4O6.6H2O/c1-45-33-18-25-14-16-42(23-28(25)19-34(33)46-2)15-13-24-9-11-29(12-10-24)40-38(44)30-20-35(47-3)36(48-4)21-32(30)41-37(43)27-17-26-7-5-6-8-31(26)39-22-27;;;;;;/h5-12,17-22H,13-16,23H2,1-4H3,(H,40,44)(H,41,43);6*1H2. The Balaban J connectivity index is 0.00000468. The van der Waals surface area contributed by atoms with Crippen molar-refractivity contribution in [1.82, 2.24) is 9.88 Å². The molecule has 0 aliphatic carbocycles. The molecule has 14 N–H and O–H groups in total. The first-order chi connectivity index (χ1) is 23.4. The van der Waals surface area contributed by atoms with Crippen LogP contribution in [-0.4, -0.2) is 96.1 Å². The summed E-state index contributed by atoms with van der Waals surface area (Å²) in [7, 11) is 6.31. The molecule has 6 rings (SSSR count). The molecule has 4 aromatic carbocycles. The second kappa shape index (κ2) is 21.6. The maximum absolute atomic E-state index is 13.6. The first kappa shape index (κ1) is 48.1. The summed E-state index contributed by atoms with van der Waals surface area (Å²) in [4.78, 5) is 33.7. The van der Waals surface area contributed by atoms with Crippen molar-refractivity contribution >= 4 is 34.1 Å². The molecule has 5 aromatic rings. The number of rotatable bonds is 11. The maximum atomic E-state index is 13.6. The van der Waals surface area contributed by atoms with E-state index >= 15 is 0 Å². The lowest BCUT2D eigenvalue weighted by atomic mass is 9.98. The van der Waals surface area contributed by atoms with Gasteiger partial charge in [-0.2, -0.15) is 0 Å². The van der Waals surface area contributed by atoms with Gasteiger partial charge in [-0.1, -0.05) is 30.3 Å². The summed E-state index contributed by atoms with van der Waals surface area (Å²) in [6, 6.07) is 24.4. The third kappa shape index (κ3) is 10.6. The average molecular weight is 755 g/mol. The summed E-state index contributed by atoms with van der Waals surface area (Å²) < 4.78 is 21.9. The summed E-state index contributed by atoms with van der Waals surface area (Å²) in [6.07, 6.45) is 3.34. The highest BCUT2D eigenvalue weighted by Crippen LogP contribution is 2.35. The minimum atomic E-state index is -0.408. The van der Waals surface area contributed by atoms with Gasteiger partial charge >= 0.3 is 0 Å². The fraction of sp³-hybridized carbons (Fsp3) is 0.237. The van der Waals surface area contributed by atoms with Crippen LogP contribution in [0.3, 0.4) is 0 Å². The van der Waals surface area contributed by atoms with Gasteiger partial charge in [0.2, 0.25) is 0 Å². The van der Waals surface area contributed by atoms with E-state index in [1.54, 1.807) is 32.4 Å². The maximum Gasteiger partial charge on any atom is 0.257 e. The van der Waals surface area contributed by atoms with Crippen LogP contribution in [0.5, 0.6) is 23.0 Å². The largest absolute Gasteiger partial charge is 0.493 e. The van der Waals surface area contributed by atoms with Crippen molar-refractivity contribution in [2.75, 3.05) is 52.2 Å². The highest BCUT2D eigenvalue weighted by atomic mass is 16.5. The molecule has 0 atom stereocenters. The molecule has 0 radical (unpaired) electrons. The fourth-order valence-electron chi connectivity index (χ4n) is 5.93. The molecule has 1 aliphatic rings. The van der Waals surface area contributed by atoms with Crippen molar-refractivity contribution in [3.05, 3.63) is 113 Å². The van der Waals surface area contributed by atoms with E-state index in [0.717, 1.165) is 60.4 Å². The molecule has 0 saturated carbocycles. The summed E-state index contributed by atoms with van der Waals surface area (Å²) in [6.45, 7) is 2.73. The quantitative estimate of drug-likeness (QED) is 0.198. The van der Waals surface area contributed by atoms with Crippen LogP contribution in [0.4, 0.5) is 11.4 Å². The molecule has 2 heterocycles. The van der Waals surface area contributed by atoms with Crippen LogP contribution in [0.2, 0.25) is 0 Å². The Labute approximate surface area is 312 Å². The minimum Gasteiger partial charge on any atom is -0.493 e. The van der Waals surface area contributed by atoms with Crippen LogP contribution in [0.1, 0.15) is 37.4 Å². The SMILES string of the molecule is COc1cc2c(cc1OC)CN(CCc1ccc(NC(=O)c3cc(OC)c(OC)cc3NC(=O)c3cnc4ccccc4c3)cc1)CC2.O.O.O.O.O.O. The zero-order valence-corrected chi connectivity index (χ0v) is 30.5. The number of carbonyl (C=O) groups excluding carboxylic acids is 2. The predicted octanol–water partition coefficient (Wildman–Crippen LogP) is 1.43. The molecule has 1 aliphatic heterocycles. The van der Waals surface area contributed by atoms with Gasteiger partial charge in [-0.15, -0.1) is 0 Å². The van der Waals surface area contributed by atoms with E-state index in [-0.39, 0.29) is 44.1 Å². The number of para-hydroxylation sites is 1. The van der Waals surface area contributed by atoms with Gasteiger partial charge in [0, 0.05) is 43.0 Å². The smallest absolute Gasteiger partial charge is 0.257 e. The van der Waals surface area contributed by atoms with Crippen molar-refractivity contribution in [3.63, 3.8) is 0 Å². The third-order valence-electron chi connectivity index (χ3n) is 8.59. The molecular formula is C38H50N4O12. The number of anilines is 2. The van der Waals surface area contributed by atoms with Gasteiger partial charge in [-0.05, 0) is 72.0 Å². The van der Waals surface area contributed by atoms with Crippen molar-refractivity contribution in [2.45, 2.75) is 19.4 Å². The normalized spacial score (nSPS) is 11.2. The Hall–Kier alpha value is -5.85. The van der Waals surface area contributed by atoms with E-state index in [1.165, 1.54) is 31.5 Å². The molecule has 2 amide bonds. The molecule has 294 valence electrons. The summed E-state index contributed by atoms with van der Waals surface area (Å²) in [5, 5.41) is 6.66. The number of benzene rings is 4. The predicted molar refractivity (Wildman–Crippen MR) is 208 cm³/mol. The van der Waals surface area contributed by atoms with Crippen LogP contribution in [0.15, 0.2) is 85.1 Å². The first-order valence-electron chi connectivity index (χ1n) is 15.7. The molecular weight excluding hydrogens is 704 g/mol. The third-order valence-corrected chi connectivity index (χ3v) is 8.59. The Morgan fingerprint density at radius 1 is 0.685 bits per heavy atom. The molecule has 54 heavy (non-hydrogen) atoms. The first-order valence-corrected chi connectivity index (χ1v) is 15.7. The van der Waals surface area contributed by atoms with E-state index in [2.05, 4.69) is 32.7 Å². The second-order valence-corrected chi connectivity index (χ2v) is 11.5. The molecule has 0 saturated heterocycles. The zero-order valence-electron chi connectivity index (χ0n) is 30.5. The zero-order chi connectivity index (χ0) is 33.6. The van der Waals surface area contributed by atoms with E-state index in [0.29, 0.717) is 22.7 Å². The van der Waals surface area contributed by atoms with Crippen LogP contribution < -0.4 is 29.6 Å². The minimum absolute atomic E-state index is 0. The van der Waals surface area contributed by atoms with E-state index in [9.17, 15) is 9.59 Å². The molecule has 16 heteroatoms. The Bertz CT molecular complexity index is 1980. The Kier molecular flexibility index (Phi) is 19.3. The fourth-order valence-corrected chi connectivity index (χ4v) is 5.93. The number of fused-ring (bicyclic) bond motifs is 2. The van der Waals surface area contributed by atoms with E-state index < -0.39 is 11.8 Å². The highest BCUT2D eigenvalue weighted by molar-refractivity contribution is 6.13. The Morgan fingerprint density at radius 3 is 1.93 bits per heavy atom. The molecule has 1 aromatic heterocycles. The van der Waals surface area contributed by atoms with Crippen LogP contribution in [0.25, 0.3) is 10.9 Å². The van der Waals surface area contributed by atoms with Crippen molar-refractivity contribution in [1.29, 1.82) is 0 Å². The van der Waals surface area contributed by atoms with Crippen LogP contribution in [-0.2, 0) is 19.4 Å². The van der Waals surface area contributed by atoms with Gasteiger partial charge in [-0.3, -0.25) is 19.5 Å². The van der Waals surface area contributed by atoms with Crippen molar-refractivity contribution in [2.24, 2.45) is 0 Å². The number of pyridine rings is 1. The number of nitrogens with one attached hydrogen (secondary N) is 2. The van der Waals surface area contributed by atoms with Gasteiger partial charge < -0.3 is 62.4 Å². The summed E-state index contributed by atoms with van der Waals surface area (Å²) in [5.41, 5.74) is 5.99. The topological polar surface area (TPSA) is 300 Å². The van der Waals surface area contributed by atoms with E-state index in [4.69, 9.17) is 18.9 Å². The van der Waals surface area contributed by atoms with Crippen molar-refractivity contribution in [3.8, 4) is 23.0 Å². The number of nitrogens with zero attached hydrogens (tertiary/aromatic N) is 2. The molecule has 0 fully saturated rings. The molecule has 0 spiro atoms. The van der Waals surface area contributed by atoms with Gasteiger partial charge in [0.25, 0.3) is 11.8 Å². The monoisotopic (exact) mass is 754 g/mol. The lowest BCUT2D eigenvalue weighted by Gasteiger charge is -2.29. The summed E-state index contributed by atoms with van der Waals surface area (Å²) >= 11 is 0. The second-order valence-electron chi connectivity index (χ2n) is 11.5. The lowest BCUT2D eigenvalue weighted by Crippen LogP contribution is -2.32. The molecule has 0 unspecified atom stereocenters. The number of hydrogen-bond donors (Lipinski definition) is 2. The molecule has 0 bridgehead atoms. The van der Waals surface area contributed by atoms with Gasteiger partial charge in [0.05, 0.1) is 50.8 Å². The van der Waals surface area contributed by atoms with E-state index in [1.807, 2.05) is 48.5 Å². The number of ether oxygens (including phenoxy) is 4. The average Bonchev–Trinajstić information content (AvgIpc) is 3.13. The number of methoxy groups -OCH3 is 4. The van der Waals surface area contributed by atoms with Gasteiger partial charge in [0.15, 0.2) is 23.0 Å². The highest BCUT2D eigenvalue weighted by Gasteiger charge is 2.21. The van der Waals surface area contributed by atoms with Crippen molar-refractivity contribution < 1.29 is 61.4 Å². The summed E-state index contributed by atoms with van der Waals surface area (Å²) in [5.74, 6) is 1.44. The Morgan fingerprint density at radius 2 is 1.28 bits per heavy atom. The number of hydrogen-bond acceptors (Lipinski definition) is 8. The van der Waals surface area contributed by atoms with Gasteiger partial charge in [-0.25, -0.2) is 0 Å². The number of carbonyl (C=O) groups is 2. The van der Waals surface area contributed by atoms with Crippen LogP contribution >= 0.6 is 0 Å². The number of aromatic nitrogens is 1.